The number of nitrogens with zero attached hydrogens (tertiary/aromatic N) is 2. The Morgan fingerprint density at radius 1 is 1.53 bits per heavy atom. The molecule has 17 heavy (non-hydrogen) atoms. The minimum absolute atomic E-state index is 0.135. The molecule has 0 unspecified atom stereocenters. The van der Waals surface area contributed by atoms with Gasteiger partial charge in [-0.25, -0.2) is 0 Å². The van der Waals surface area contributed by atoms with Gasteiger partial charge in [-0.2, -0.15) is 16.4 Å². The van der Waals surface area contributed by atoms with Crippen molar-refractivity contribution >= 4 is 17.2 Å². The molecule has 0 fully saturated rings. The lowest BCUT2D eigenvalue weighted by molar-refractivity contribution is 0.0734. The van der Waals surface area contributed by atoms with Crippen LogP contribution in [-0.4, -0.2) is 27.5 Å². The van der Waals surface area contributed by atoms with Gasteiger partial charge in [0.2, 0.25) is 0 Å². The number of hydrogen-bond acceptors (Lipinski definition) is 3. The fourth-order valence-electron chi connectivity index (χ4n) is 2.15. The number of aromatic amines is 1. The Labute approximate surface area is 103 Å². The highest BCUT2D eigenvalue weighted by Gasteiger charge is 2.23. The van der Waals surface area contributed by atoms with E-state index in [2.05, 4.69) is 10.2 Å². The molecule has 2 aromatic rings. The van der Waals surface area contributed by atoms with Gasteiger partial charge < -0.3 is 4.90 Å². The van der Waals surface area contributed by atoms with Crippen LogP contribution in [0.3, 0.4) is 0 Å². The summed E-state index contributed by atoms with van der Waals surface area (Å²) in [4.78, 5) is 14.2. The molecule has 3 rings (SSSR count). The van der Waals surface area contributed by atoms with E-state index >= 15 is 0 Å². The topological polar surface area (TPSA) is 49.0 Å². The van der Waals surface area contributed by atoms with Crippen molar-refractivity contribution in [3.63, 3.8) is 0 Å². The number of hydrogen-bond donors (Lipinski definition) is 1. The molecule has 0 radical (unpaired) electrons. The number of carbonyl (C=O) groups excluding carboxylic acids is 1. The maximum Gasteiger partial charge on any atom is 0.255 e. The van der Waals surface area contributed by atoms with Crippen LogP contribution in [0.25, 0.3) is 0 Å². The summed E-state index contributed by atoms with van der Waals surface area (Å²) in [6.07, 6.45) is 2.68. The Morgan fingerprint density at radius 3 is 3.18 bits per heavy atom. The van der Waals surface area contributed by atoms with E-state index in [1.165, 1.54) is 0 Å². The molecule has 4 nitrogen and oxygen atoms in total. The predicted octanol–water partition coefficient (Wildman–Crippen LogP) is 1.98. The average molecular weight is 247 g/mol. The van der Waals surface area contributed by atoms with Crippen molar-refractivity contribution in [1.29, 1.82) is 0 Å². The number of carbonyl (C=O) groups is 1. The van der Waals surface area contributed by atoms with E-state index in [0.717, 1.165) is 35.3 Å². The highest BCUT2D eigenvalue weighted by molar-refractivity contribution is 7.08. The summed E-state index contributed by atoms with van der Waals surface area (Å²) in [6.45, 7) is 3.42. The lowest BCUT2D eigenvalue weighted by Gasteiger charge is -2.26. The molecular weight excluding hydrogens is 234 g/mol. The first-order valence-electron chi connectivity index (χ1n) is 5.59. The second kappa shape index (κ2) is 4.00. The Kier molecular flexibility index (Phi) is 2.48. The van der Waals surface area contributed by atoms with E-state index in [4.69, 9.17) is 0 Å². The SMILES string of the molecule is Cc1cscc1C(=O)N1CCc2[nH]ncc2C1. The van der Waals surface area contributed by atoms with Gasteiger partial charge in [0.05, 0.1) is 11.8 Å². The number of amides is 1. The summed E-state index contributed by atoms with van der Waals surface area (Å²) in [7, 11) is 0. The molecule has 3 heterocycles. The molecule has 0 atom stereocenters. The summed E-state index contributed by atoms with van der Waals surface area (Å²) < 4.78 is 0. The lowest BCUT2D eigenvalue weighted by Crippen LogP contribution is -2.35. The zero-order valence-corrected chi connectivity index (χ0v) is 10.4. The van der Waals surface area contributed by atoms with Crippen LogP contribution in [0, 0.1) is 6.92 Å². The number of fused-ring (bicyclic) bond motifs is 1. The molecule has 0 aromatic carbocycles. The molecule has 5 heteroatoms. The van der Waals surface area contributed by atoms with E-state index in [1.54, 1.807) is 11.3 Å². The zero-order chi connectivity index (χ0) is 11.8. The summed E-state index contributed by atoms with van der Waals surface area (Å²) >= 11 is 1.58. The van der Waals surface area contributed by atoms with Gasteiger partial charge in [-0.1, -0.05) is 0 Å². The Balaban J connectivity index is 1.84. The first-order valence-corrected chi connectivity index (χ1v) is 6.53. The molecular formula is C12H13N3OS. The van der Waals surface area contributed by atoms with Crippen LogP contribution in [0.1, 0.15) is 27.2 Å². The first kappa shape index (κ1) is 10.5. The largest absolute Gasteiger partial charge is 0.334 e. The van der Waals surface area contributed by atoms with Gasteiger partial charge in [0, 0.05) is 36.1 Å². The fraction of sp³-hybridized carbons (Fsp3) is 0.333. The van der Waals surface area contributed by atoms with E-state index in [-0.39, 0.29) is 5.91 Å². The van der Waals surface area contributed by atoms with Crippen LogP contribution in [0.15, 0.2) is 17.0 Å². The normalized spacial score (nSPS) is 14.8. The third-order valence-corrected chi connectivity index (χ3v) is 4.04. The van der Waals surface area contributed by atoms with Crippen molar-refractivity contribution in [3.8, 4) is 0 Å². The monoisotopic (exact) mass is 247 g/mol. The van der Waals surface area contributed by atoms with Crippen LogP contribution in [-0.2, 0) is 13.0 Å². The van der Waals surface area contributed by atoms with Crippen LogP contribution < -0.4 is 0 Å². The van der Waals surface area contributed by atoms with Gasteiger partial charge >= 0.3 is 0 Å². The Hall–Kier alpha value is -1.62. The molecule has 1 aliphatic rings. The van der Waals surface area contributed by atoms with Crippen LogP contribution in [0.5, 0.6) is 0 Å². The molecule has 1 aliphatic heterocycles. The van der Waals surface area contributed by atoms with Crippen molar-refractivity contribution in [3.05, 3.63) is 39.3 Å². The number of thiophene rings is 1. The standard InChI is InChI=1S/C12H13N3OS/c1-8-6-17-7-10(8)12(16)15-3-2-11-9(5-15)4-13-14-11/h4,6-7H,2-3,5H2,1H3,(H,13,14). The summed E-state index contributed by atoms with van der Waals surface area (Å²) in [5, 5.41) is 10.9. The Morgan fingerprint density at radius 2 is 2.41 bits per heavy atom. The lowest BCUT2D eigenvalue weighted by atomic mass is 10.1. The molecule has 0 saturated carbocycles. The van der Waals surface area contributed by atoms with Crippen LogP contribution in [0.2, 0.25) is 0 Å². The maximum absolute atomic E-state index is 12.3. The molecule has 1 N–H and O–H groups in total. The van der Waals surface area contributed by atoms with Gasteiger partial charge in [-0.3, -0.25) is 9.89 Å². The highest BCUT2D eigenvalue weighted by Crippen LogP contribution is 2.21. The summed E-state index contributed by atoms with van der Waals surface area (Å²) in [5.74, 6) is 0.135. The smallest absolute Gasteiger partial charge is 0.255 e. The van der Waals surface area contributed by atoms with Crippen LogP contribution >= 0.6 is 11.3 Å². The number of aryl methyl sites for hydroxylation is 1. The van der Waals surface area contributed by atoms with E-state index in [1.807, 2.05) is 28.8 Å². The van der Waals surface area contributed by atoms with Gasteiger partial charge in [0.1, 0.15) is 0 Å². The van der Waals surface area contributed by atoms with Crippen molar-refractivity contribution in [2.45, 2.75) is 19.9 Å². The Bertz CT molecular complexity index is 558. The third-order valence-electron chi connectivity index (χ3n) is 3.17. The van der Waals surface area contributed by atoms with Crippen molar-refractivity contribution < 1.29 is 4.79 Å². The summed E-state index contributed by atoms with van der Waals surface area (Å²) in [6, 6.07) is 0. The predicted molar refractivity (Wildman–Crippen MR) is 66.1 cm³/mol. The number of aromatic nitrogens is 2. The fourth-order valence-corrected chi connectivity index (χ4v) is 2.97. The third kappa shape index (κ3) is 1.76. The van der Waals surface area contributed by atoms with Gasteiger partial charge in [0.15, 0.2) is 0 Å². The molecule has 1 amide bonds. The average Bonchev–Trinajstić information content (AvgIpc) is 2.95. The number of rotatable bonds is 1. The van der Waals surface area contributed by atoms with Gasteiger partial charge in [-0.05, 0) is 17.9 Å². The zero-order valence-electron chi connectivity index (χ0n) is 9.56. The van der Waals surface area contributed by atoms with Gasteiger partial charge in [0.25, 0.3) is 5.91 Å². The minimum atomic E-state index is 0.135. The number of H-pyrrole nitrogens is 1. The van der Waals surface area contributed by atoms with E-state index in [9.17, 15) is 4.79 Å². The number of nitrogens with one attached hydrogen (secondary N) is 1. The maximum atomic E-state index is 12.3. The van der Waals surface area contributed by atoms with Crippen molar-refractivity contribution in [1.82, 2.24) is 15.1 Å². The summed E-state index contributed by atoms with van der Waals surface area (Å²) in [5.41, 5.74) is 4.20. The first-order chi connectivity index (χ1) is 8.25. The second-order valence-corrected chi connectivity index (χ2v) is 5.06. The molecule has 0 aliphatic carbocycles. The van der Waals surface area contributed by atoms with Crippen molar-refractivity contribution in [2.24, 2.45) is 0 Å². The quantitative estimate of drug-likeness (QED) is 0.837. The van der Waals surface area contributed by atoms with Crippen LogP contribution in [0.4, 0.5) is 0 Å². The van der Waals surface area contributed by atoms with E-state index in [0.29, 0.717) is 6.54 Å². The molecule has 2 aromatic heterocycles. The van der Waals surface area contributed by atoms with E-state index < -0.39 is 0 Å². The molecule has 0 bridgehead atoms. The van der Waals surface area contributed by atoms with Crippen molar-refractivity contribution in [2.75, 3.05) is 6.54 Å². The minimum Gasteiger partial charge on any atom is -0.334 e. The second-order valence-electron chi connectivity index (χ2n) is 4.32. The molecule has 0 saturated heterocycles. The van der Waals surface area contributed by atoms with Gasteiger partial charge in [-0.15, -0.1) is 0 Å². The molecule has 88 valence electrons. The molecule has 0 spiro atoms. The highest BCUT2D eigenvalue weighted by atomic mass is 32.1.